The van der Waals surface area contributed by atoms with Gasteiger partial charge in [-0.25, -0.2) is 0 Å². The fraction of sp³-hybridized carbons (Fsp3) is 0.467. The highest BCUT2D eigenvalue weighted by atomic mass is 16.4. The Bertz CT molecular complexity index is 530. The van der Waals surface area contributed by atoms with Crippen LogP contribution in [0, 0.1) is 5.41 Å². The van der Waals surface area contributed by atoms with E-state index in [4.69, 9.17) is 10.8 Å². The summed E-state index contributed by atoms with van der Waals surface area (Å²) in [5.74, 6) is -1.10. The molecule has 1 amide bonds. The van der Waals surface area contributed by atoms with Crippen molar-refractivity contribution < 1.29 is 14.7 Å². The van der Waals surface area contributed by atoms with Crippen molar-refractivity contribution in [3.05, 3.63) is 35.4 Å². The Labute approximate surface area is 118 Å². The Hall–Kier alpha value is -1.88. The second-order valence-corrected chi connectivity index (χ2v) is 5.72. The summed E-state index contributed by atoms with van der Waals surface area (Å²) in [4.78, 5) is 24.5. The number of carboxylic acid groups (broad SMARTS) is 1. The Morgan fingerprint density at radius 3 is 2.55 bits per heavy atom. The number of carboxylic acids is 1. The normalized spacial score (nSPS) is 22.9. The molecule has 1 unspecified atom stereocenters. The summed E-state index contributed by atoms with van der Waals surface area (Å²) in [6.45, 7) is 3.98. The van der Waals surface area contributed by atoms with Crippen molar-refractivity contribution >= 4 is 11.9 Å². The second-order valence-electron chi connectivity index (χ2n) is 5.72. The van der Waals surface area contributed by atoms with Crippen LogP contribution in [0.15, 0.2) is 24.3 Å². The topological polar surface area (TPSA) is 83.6 Å². The molecule has 0 aromatic heterocycles. The van der Waals surface area contributed by atoms with Gasteiger partial charge in [0.15, 0.2) is 0 Å². The number of hydrogen-bond donors (Lipinski definition) is 2. The van der Waals surface area contributed by atoms with E-state index in [9.17, 15) is 9.59 Å². The van der Waals surface area contributed by atoms with Gasteiger partial charge in [-0.1, -0.05) is 24.3 Å². The molecule has 1 aromatic rings. The van der Waals surface area contributed by atoms with E-state index in [2.05, 4.69) is 4.90 Å². The lowest BCUT2D eigenvalue weighted by molar-refractivity contribution is -0.136. The molecule has 0 spiro atoms. The van der Waals surface area contributed by atoms with E-state index in [0.717, 1.165) is 24.1 Å². The number of likely N-dealkylation sites (tertiary alicyclic amines) is 1. The van der Waals surface area contributed by atoms with Gasteiger partial charge in [-0.05, 0) is 31.0 Å². The molecule has 108 valence electrons. The molecule has 0 radical (unpaired) electrons. The van der Waals surface area contributed by atoms with Crippen LogP contribution in [0.4, 0.5) is 0 Å². The van der Waals surface area contributed by atoms with Crippen molar-refractivity contribution in [3.8, 4) is 0 Å². The van der Waals surface area contributed by atoms with E-state index in [1.54, 1.807) is 0 Å². The highest BCUT2D eigenvalue weighted by Gasteiger charge is 2.38. The van der Waals surface area contributed by atoms with Gasteiger partial charge < -0.3 is 10.8 Å². The van der Waals surface area contributed by atoms with Gasteiger partial charge in [0.25, 0.3) is 0 Å². The average molecular weight is 276 g/mol. The maximum absolute atomic E-state index is 11.5. The van der Waals surface area contributed by atoms with Crippen molar-refractivity contribution in [2.75, 3.05) is 13.1 Å². The van der Waals surface area contributed by atoms with Crippen LogP contribution in [-0.4, -0.2) is 35.0 Å². The Morgan fingerprint density at radius 2 is 2.00 bits per heavy atom. The van der Waals surface area contributed by atoms with E-state index in [0.29, 0.717) is 13.1 Å². The molecule has 20 heavy (non-hydrogen) atoms. The van der Waals surface area contributed by atoms with Gasteiger partial charge in [0.05, 0.1) is 11.8 Å². The second kappa shape index (κ2) is 5.63. The maximum Gasteiger partial charge on any atom is 0.307 e. The van der Waals surface area contributed by atoms with Crippen molar-refractivity contribution in [1.29, 1.82) is 0 Å². The first kappa shape index (κ1) is 14.5. The number of carbonyl (C=O) groups is 2. The number of carbonyl (C=O) groups excluding carboxylic acids is 1. The van der Waals surface area contributed by atoms with Gasteiger partial charge in [0, 0.05) is 13.1 Å². The van der Waals surface area contributed by atoms with Gasteiger partial charge in [0.1, 0.15) is 0 Å². The third kappa shape index (κ3) is 3.17. The standard InChI is InChI=1S/C15H20N2O3/c1-15(14(16)20)6-7-17(10-15)9-12-5-3-2-4-11(12)8-13(18)19/h2-5H,6-10H2,1H3,(H2,16,20)(H,18,19). The summed E-state index contributed by atoms with van der Waals surface area (Å²) >= 11 is 0. The van der Waals surface area contributed by atoms with Crippen molar-refractivity contribution in [2.24, 2.45) is 11.1 Å². The Balaban J connectivity index is 2.08. The largest absolute Gasteiger partial charge is 0.481 e. The van der Waals surface area contributed by atoms with Gasteiger partial charge >= 0.3 is 5.97 Å². The molecule has 0 bridgehead atoms. The predicted molar refractivity (Wildman–Crippen MR) is 75.0 cm³/mol. The summed E-state index contributed by atoms with van der Waals surface area (Å²) in [5, 5.41) is 8.93. The molecule has 2 rings (SSSR count). The van der Waals surface area contributed by atoms with Crippen LogP contribution >= 0.6 is 0 Å². The van der Waals surface area contributed by atoms with Crippen molar-refractivity contribution in [2.45, 2.75) is 26.3 Å². The van der Waals surface area contributed by atoms with Crippen LogP contribution in [0.25, 0.3) is 0 Å². The van der Waals surface area contributed by atoms with Crippen LogP contribution in [-0.2, 0) is 22.6 Å². The Kier molecular flexibility index (Phi) is 4.09. The summed E-state index contributed by atoms with van der Waals surface area (Å²) in [6.07, 6.45) is 0.778. The van der Waals surface area contributed by atoms with Crippen LogP contribution in [0.5, 0.6) is 0 Å². The molecule has 1 aromatic carbocycles. The van der Waals surface area contributed by atoms with E-state index in [1.165, 1.54) is 0 Å². The van der Waals surface area contributed by atoms with Crippen LogP contribution < -0.4 is 5.73 Å². The third-order valence-corrected chi connectivity index (χ3v) is 4.00. The number of primary amides is 1. The summed E-state index contributed by atoms with van der Waals surface area (Å²) in [6, 6.07) is 7.54. The zero-order valence-electron chi connectivity index (χ0n) is 11.6. The number of rotatable bonds is 5. The highest BCUT2D eigenvalue weighted by Crippen LogP contribution is 2.30. The lowest BCUT2D eigenvalue weighted by Crippen LogP contribution is -2.37. The smallest absolute Gasteiger partial charge is 0.307 e. The lowest BCUT2D eigenvalue weighted by atomic mass is 9.89. The minimum Gasteiger partial charge on any atom is -0.481 e. The fourth-order valence-corrected chi connectivity index (χ4v) is 2.68. The summed E-state index contributed by atoms with van der Waals surface area (Å²) < 4.78 is 0. The van der Waals surface area contributed by atoms with E-state index < -0.39 is 11.4 Å². The van der Waals surface area contributed by atoms with Crippen LogP contribution in [0.2, 0.25) is 0 Å². The first-order valence-electron chi connectivity index (χ1n) is 6.71. The first-order valence-corrected chi connectivity index (χ1v) is 6.71. The molecule has 3 N–H and O–H groups in total. The fourth-order valence-electron chi connectivity index (χ4n) is 2.68. The zero-order chi connectivity index (χ0) is 14.8. The monoisotopic (exact) mass is 276 g/mol. The molecule has 1 aliphatic rings. The van der Waals surface area contributed by atoms with Gasteiger partial charge in [-0.3, -0.25) is 14.5 Å². The third-order valence-electron chi connectivity index (χ3n) is 4.00. The predicted octanol–water partition coefficient (Wildman–Crippen LogP) is 1.01. The number of nitrogens with two attached hydrogens (primary N) is 1. The maximum atomic E-state index is 11.5. The molecule has 0 saturated carbocycles. The molecule has 1 saturated heterocycles. The van der Waals surface area contributed by atoms with E-state index in [-0.39, 0.29) is 12.3 Å². The molecule has 5 heteroatoms. The number of aliphatic carboxylic acids is 1. The quantitative estimate of drug-likeness (QED) is 0.840. The average Bonchev–Trinajstić information content (AvgIpc) is 2.74. The van der Waals surface area contributed by atoms with Crippen molar-refractivity contribution in [3.63, 3.8) is 0 Å². The SMILES string of the molecule is CC1(C(N)=O)CCN(Cc2ccccc2CC(=O)O)C1. The van der Waals surface area contributed by atoms with Crippen LogP contribution in [0.1, 0.15) is 24.5 Å². The molecule has 1 heterocycles. The molecular formula is C15H20N2O3. The van der Waals surface area contributed by atoms with E-state index in [1.807, 2.05) is 31.2 Å². The number of hydrogen-bond acceptors (Lipinski definition) is 3. The van der Waals surface area contributed by atoms with Gasteiger partial charge in [0.2, 0.25) is 5.91 Å². The highest BCUT2D eigenvalue weighted by molar-refractivity contribution is 5.81. The lowest BCUT2D eigenvalue weighted by Gasteiger charge is -2.21. The zero-order valence-corrected chi connectivity index (χ0v) is 11.6. The van der Waals surface area contributed by atoms with Gasteiger partial charge in [-0.2, -0.15) is 0 Å². The molecular weight excluding hydrogens is 256 g/mol. The first-order chi connectivity index (χ1) is 9.40. The molecule has 1 atom stereocenters. The summed E-state index contributed by atoms with van der Waals surface area (Å²) in [5.41, 5.74) is 6.80. The summed E-state index contributed by atoms with van der Waals surface area (Å²) in [7, 11) is 0. The van der Waals surface area contributed by atoms with E-state index >= 15 is 0 Å². The number of amides is 1. The van der Waals surface area contributed by atoms with Gasteiger partial charge in [-0.15, -0.1) is 0 Å². The Morgan fingerprint density at radius 1 is 1.35 bits per heavy atom. The van der Waals surface area contributed by atoms with Crippen LogP contribution in [0.3, 0.4) is 0 Å². The molecule has 1 fully saturated rings. The minimum absolute atomic E-state index is 0.0249. The number of benzene rings is 1. The van der Waals surface area contributed by atoms with Crippen molar-refractivity contribution in [1.82, 2.24) is 4.90 Å². The number of nitrogens with zero attached hydrogens (tertiary/aromatic N) is 1. The minimum atomic E-state index is -0.833. The molecule has 1 aliphatic heterocycles. The molecule has 5 nitrogen and oxygen atoms in total. The molecule has 0 aliphatic carbocycles.